The summed E-state index contributed by atoms with van der Waals surface area (Å²) in [5.41, 5.74) is 9.09. The number of nitriles is 1. The van der Waals surface area contributed by atoms with Crippen LogP contribution in [0.4, 0.5) is 10.8 Å². The molecule has 0 spiro atoms. The van der Waals surface area contributed by atoms with E-state index in [9.17, 15) is 14.9 Å². The number of amides is 1. The SMILES string of the molecule is COc1ccc(NC(=O)CSc2nnc(N3C(N)=C(C#N)C(c4ccccc4Cl)C4=C3CC(C)(C)CC4=O)s2)cc1. The maximum atomic E-state index is 13.7. The van der Waals surface area contributed by atoms with Crippen molar-refractivity contribution in [1.29, 1.82) is 5.26 Å². The van der Waals surface area contributed by atoms with E-state index < -0.39 is 5.92 Å². The van der Waals surface area contributed by atoms with Gasteiger partial charge in [-0.15, -0.1) is 10.2 Å². The number of carbonyl (C=O) groups is 2. The van der Waals surface area contributed by atoms with Gasteiger partial charge in [0, 0.05) is 28.4 Å². The normalized spacial score (nSPS) is 18.2. The van der Waals surface area contributed by atoms with Crippen LogP contribution in [0.25, 0.3) is 0 Å². The van der Waals surface area contributed by atoms with Gasteiger partial charge in [-0.05, 0) is 47.7 Å². The first-order chi connectivity index (χ1) is 19.6. The van der Waals surface area contributed by atoms with E-state index in [2.05, 4.69) is 21.6 Å². The van der Waals surface area contributed by atoms with Crippen LogP contribution in [0.15, 0.2) is 75.5 Å². The number of nitrogens with one attached hydrogen (secondary N) is 1. The van der Waals surface area contributed by atoms with Crippen LogP contribution in [-0.2, 0) is 9.59 Å². The topological polar surface area (TPSA) is 134 Å². The maximum Gasteiger partial charge on any atom is 0.234 e. The van der Waals surface area contributed by atoms with Gasteiger partial charge in [0.2, 0.25) is 11.0 Å². The molecule has 2 aliphatic rings. The molecule has 3 N–H and O–H groups in total. The highest BCUT2D eigenvalue weighted by molar-refractivity contribution is 8.01. The zero-order chi connectivity index (χ0) is 29.3. The summed E-state index contributed by atoms with van der Waals surface area (Å²) < 4.78 is 5.69. The molecule has 2 heterocycles. The van der Waals surface area contributed by atoms with E-state index in [0.29, 0.717) is 55.6 Å². The van der Waals surface area contributed by atoms with Crippen LogP contribution in [0.2, 0.25) is 5.02 Å². The second kappa shape index (κ2) is 11.6. The van der Waals surface area contributed by atoms with Gasteiger partial charge in [-0.25, -0.2) is 0 Å². The first kappa shape index (κ1) is 28.7. The third-order valence-corrected chi connectivity index (χ3v) is 9.27. The van der Waals surface area contributed by atoms with Crippen LogP contribution in [0.1, 0.15) is 38.2 Å². The number of halogens is 1. The Morgan fingerprint density at radius 1 is 1.24 bits per heavy atom. The molecule has 0 fully saturated rings. The molecule has 1 aliphatic heterocycles. The molecule has 0 saturated heterocycles. The highest BCUT2D eigenvalue weighted by atomic mass is 35.5. The second-order valence-corrected chi connectivity index (χ2v) is 13.0. The van der Waals surface area contributed by atoms with Gasteiger partial charge in [-0.2, -0.15) is 5.26 Å². The number of thioether (sulfide) groups is 1. The van der Waals surface area contributed by atoms with Crippen molar-refractivity contribution in [1.82, 2.24) is 10.2 Å². The number of hydrogen-bond acceptors (Lipinski definition) is 10. The van der Waals surface area contributed by atoms with Gasteiger partial charge < -0.3 is 15.8 Å². The lowest BCUT2D eigenvalue weighted by molar-refractivity contribution is -0.118. The Balaban J connectivity index is 1.44. The van der Waals surface area contributed by atoms with Crippen molar-refractivity contribution in [2.45, 2.75) is 36.9 Å². The lowest BCUT2D eigenvalue weighted by Gasteiger charge is -2.42. The molecule has 1 amide bonds. The molecule has 9 nitrogen and oxygen atoms in total. The first-order valence-electron chi connectivity index (χ1n) is 12.7. The number of nitrogens with two attached hydrogens (primary N) is 1. The number of ketones is 1. The monoisotopic (exact) mass is 606 g/mol. The number of aromatic nitrogens is 2. The summed E-state index contributed by atoms with van der Waals surface area (Å²) in [4.78, 5) is 27.9. The minimum atomic E-state index is -0.674. The summed E-state index contributed by atoms with van der Waals surface area (Å²) in [7, 11) is 1.58. The Hall–Kier alpha value is -3.85. The predicted octanol–water partition coefficient (Wildman–Crippen LogP) is 5.87. The number of Topliss-reactive ketones (excluding diaryl/α,β-unsaturated/α-hetero) is 1. The van der Waals surface area contributed by atoms with Gasteiger partial charge in [-0.3, -0.25) is 14.5 Å². The third kappa shape index (κ3) is 5.81. The van der Waals surface area contributed by atoms with Crippen molar-refractivity contribution >= 4 is 57.2 Å². The summed E-state index contributed by atoms with van der Waals surface area (Å²) in [5, 5.41) is 22.6. The fourth-order valence-electron chi connectivity index (χ4n) is 5.10. The van der Waals surface area contributed by atoms with Crippen LogP contribution < -0.4 is 20.7 Å². The van der Waals surface area contributed by atoms with Gasteiger partial charge in [-0.1, -0.05) is 66.7 Å². The molecule has 210 valence electrons. The van der Waals surface area contributed by atoms with Crippen molar-refractivity contribution in [3.8, 4) is 11.8 Å². The van der Waals surface area contributed by atoms with Crippen molar-refractivity contribution in [2.75, 3.05) is 23.1 Å². The molecule has 1 aromatic heterocycles. The minimum Gasteiger partial charge on any atom is -0.497 e. The zero-order valence-electron chi connectivity index (χ0n) is 22.6. The van der Waals surface area contributed by atoms with Gasteiger partial charge in [0.25, 0.3) is 0 Å². The van der Waals surface area contributed by atoms with E-state index in [-0.39, 0.29) is 34.3 Å². The summed E-state index contributed by atoms with van der Waals surface area (Å²) in [6.45, 7) is 4.06. The van der Waals surface area contributed by atoms with E-state index in [1.165, 1.54) is 23.1 Å². The Morgan fingerprint density at radius 2 is 1.98 bits per heavy atom. The van der Waals surface area contributed by atoms with Crippen LogP contribution in [0.3, 0.4) is 0 Å². The number of allylic oxidation sites excluding steroid dienone is 3. The number of anilines is 2. The van der Waals surface area contributed by atoms with Gasteiger partial charge in [0.05, 0.1) is 30.4 Å². The van der Waals surface area contributed by atoms with Crippen LogP contribution in [0, 0.1) is 16.7 Å². The molecular weight excluding hydrogens is 580 g/mol. The van der Waals surface area contributed by atoms with E-state index in [4.69, 9.17) is 22.1 Å². The van der Waals surface area contributed by atoms with E-state index in [1.54, 1.807) is 48.4 Å². The highest BCUT2D eigenvalue weighted by Crippen LogP contribution is 2.51. The number of nitrogens with zero attached hydrogens (tertiary/aromatic N) is 4. The smallest absolute Gasteiger partial charge is 0.234 e. The number of methoxy groups -OCH3 is 1. The lowest BCUT2D eigenvalue weighted by Crippen LogP contribution is -2.42. The van der Waals surface area contributed by atoms with Gasteiger partial charge in [0.15, 0.2) is 10.1 Å². The summed E-state index contributed by atoms with van der Waals surface area (Å²) >= 11 is 9.04. The van der Waals surface area contributed by atoms with Gasteiger partial charge >= 0.3 is 0 Å². The quantitative estimate of drug-likeness (QED) is 0.316. The standard InChI is InChI=1S/C29H27ClN6O3S2/c1-29(2)12-21-25(22(37)13-29)24(18-6-4-5-7-20(18)30)19(14-31)26(32)36(21)27-34-35-28(41-27)40-15-23(38)33-16-8-10-17(39-3)11-9-16/h4-11,24H,12-13,15,32H2,1-3H3,(H,33,38). The Labute approximate surface area is 251 Å². The number of carbonyl (C=O) groups excluding carboxylic acids is 2. The predicted molar refractivity (Wildman–Crippen MR) is 161 cm³/mol. The average Bonchev–Trinajstić information content (AvgIpc) is 3.40. The molecule has 12 heteroatoms. The van der Waals surface area contributed by atoms with Crippen molar-refractivity contribution < 1.29 is 14.3 Å². The number of hydrogen-bond donors (Lipinski definition) is 2. The summed E-state index contributed by atoms with van der Waals surface area (Å²) in [6.07, 6.45) is 0.876. The zero-order valence-corrected chi connectivity index (χ0v) is 25.0. The molecule has 0 bridgehead atoms. The molecular formula is C29H27ClN6O3S2. The van der Waals surface area contributed by atoms with E-state index in [1.807, 2.05) is 26.0 Å². The summed E-state index contributed by atoms with van der Waals surface area (Å²) in [6, 6.07) is 16.5. The minimum absolute atomic E-state index is 0.0549. The summed E-state index contributed by atoms with van der Waals surface area (Å²) in [5.74, 6) is 0.0696. The number of ether oxygens (including phenoxy) is 1. The lowest BCUT2D eigenvalue weighted by atomic mass is 9.68. The molecule has 5 rings (SSSR count). The fraction of sp³-hybridized carbons (Fsp3) is 0.276. The van der Waals surface area contributed by atoms with Gasteiger partial charge in [0.1, 0.15) is 11.6 Å². The molecule has 2 aromatic carbocycles. The van der Waals surface area contributed by atoms with Crippen molar-refractivity contribution in [3.63, 3.8) is 0 Å². The van der Waals surface area contributed by atoms with E-state index in [0.717, 1.165) is 0 Å². The number of benzene rings is 2. The second-order valence-electron chi connectivity index (χ2n) is 10.4. The van der Waals surface area contributed by atoms with Crippen LogP contribution >= 0.6 is 34.7 Å². The highest BCUT2D eigenvalue weighted by Gasteiger charge is 2.45. The first-order valence-corrected chi connectivity index (χ1v) is 14.9. The largest absolute Gasteiger partial charge is 0.497 e. The average molecular weight is 607 g/mol. The Bertz CT molecular complexity index is 1620. The molecule has 1 aliphatic carbocycles. The third-order valence-electron chi connectivity index (χ3n) is 6.88. The Kier molecular flexibility index (Phi) is 8.09. The molecule has 3 aromatic rings. The molecule has 1 unspecified atom stereocenters. The fourth-order valence-corrected chi connectivity index (χ4v) is 7.02. The molecule has 0 saturated carbocycles. The molecule has 1 atom stereocenters. The number of rotatable bonds is 7. The van der Waals surface area contributed by atoms with E-state index >= 15 is 0 Å². The van der Waals surface area contributed by atoms with Crippen molar-refractivity contribution in [3.05, 3.63) is 81.8 Å². The van der Waals surface area contributed by atoms with Crippen LogP contribution in [0.5, 0.6) is 5.75 Å². The van der Waals surface area contributed by atoms with Crippen LogP contribution in [-0.4, -0.2) is 34.8 Å². The van der Waals surface area contributed by atoms with Crippen molar-refractivity contribution in [2.24, 2.45) is 11.1 Å². The maximum absolute atomic E-state index is 13.7. The Morgan fingerprint density at radius 3 is 2.66 bits per heavy atom. The molecule has 41 heavy (non-hydrogen) atoms. The molecule has 0 radical (unpaired) electrons.